The van der Waals surface area contributed by atoms with Crippen LogP contribution in [0, 0.1) is 5.92 Å². The van der Waals surface area contributed by atoms with E-state index in [0.29, 0.717) is 5.92 Å². The summed E-state index contributed by atoms with van der Waals surface area (Å²) in [5.41, 5.74) is 1.21. The molecule has 2 nitrogen and oxygen atoms in total. The Kier molecular flexibility index (Phi) is 2.38. The Bertz CT molecular complexity index is 329. The molecule has 1 fully saturated rings. The molecule has 1 saturated carbocycles. The zero-order chi connectivity index (χ0) is 10.1. The standard InChI is InChI=1S/C12H14O2/c1-8(13)12(14)11-7-10(11)9-5-3-2-4-6-9/h2-6,8,10-11,13H,7H2,1H3. The number of carbonyl (C=O) groups is 1. The van der Waals surface area contributed by atoms with Crippen molar-refractivity contribution in [3.63, 3.8) is 0 Å². The molecular formula is C12H14O2. The van der Waals surface area contributed by atoms with Crippen LogP contribution >= 0.6 is 0 Å². The lowest BCUT2D eigenvalue weighted by Crippen LogP contribution is -2.18. The van der Waals surface area contributed by atoms with Crippen LogP contribution in [-0.4, -0.2) is 17.0 Å². The van der Waals surface area contributed by atoms with Gasteiger partial charge in [-0.25, -0.2) is 0 Å². The molecule has 2 heteroatoms. The second-order valence-corrected chi connectivity index (χ2v) is 3.94. The molecule has 0 aromatic heterocycles. The molecule has 0 heterocycles. The highest BCUT2D eigenvalue weighted by Crippen LogP contribution is 2.48. The third-order valence-electron chi connectivity index (χ3n) is 2.80. The number of hydrogen-bond acceptors (Lipinski definition) is 2. The van der Waals surface area contributed by atoms with Crippen molar-refractivity contribution in [3.8, 4) is 0 Å². The molecule has 1 aromatic rings. The molecule has 1 N–H and O–H groups in total. The number of aliphatic hydroxyl groups is 1. The SMILES string of the molecule is CC(O)C(=O)C1CC1c1ccccc1. The molecule has 3 atom stereocenters. The van der Waals surface area contributed by atoms with Crippen molar-refractivity contribution < 1.29 is 9.90 Å². The van der Waals surface area contributed by atoms with Crippen LogP contribution in [0.3, 0.4) is 0 Å². The van der Waals surface area contributed by atoms with Gasteiger partial charge in [-0.05, 0) is 24.8 Å². The summed E-state index contributed by atoms with van der Waals surface area (Å²) in [6.45, 7) is 1.54. The van der Waals surface area contributed by atoms with Crippen LogP contribution in [0.25, 0.3) is 0 Å². The maximum absolute atomic E-state index is 11.4. The molecule has 1 aliphatic carbocycles. The normalized spacial score (nSPS) is 27.0. The number of carbonyl (C=O) groups excluding carboxylic acids is 1. The van der Waals surface area contributed by atoms with Crippen molar-refractivity contribution in [3.05, 3.63) is 35.9 Å². The van der Waals surface area contributed by atoms with Gasteiger partial charge in [-0.3, -0.25) is 4.79 Å². The van der Waals surface area contributed by atoms with Gasteiger partial charge in [0.15, 0.2) is 5.78 Å². The highest BCUT2D eigenvalue weighted by Gasteiger charge is 2.44. The highest BCUT2D eigenvalue weighted by molar-refractivity contribution is 5.88. The smallest absolute Gasteiger partial charge is 0.164 e. The van der Waals surface area contributed by atoms with Crippen molar-refractivity contribution >= 4 is 5.78 Å². The number of Topliss-reactive ketones (excluding diaryl/α,β-unsaturated/α-hetero) is 1. The van der Waals surface area contributed by atoms with E-state index >= 15 is 0 Å². The number of aliphatic hydroxyl groups excluding tert-OH is 1. The highest BCUT2D eigenvalue weighted by atomic mass is 16.3. The molecule has 0 bridgehead atoms. The fraction of sp³-hybridized carbons (Fsp3) is 0.417. The van der Waals surface area contributed by atoms with Gasteiger partial charge in [0, 0.05) is 5.92 Å². The molecule has 0 saturated heterocycles. The fourth-order valence-corrected chi connectivity index (χ4v) is 1.89. The predicted molar refractivity (Wildman–Crippen MR) is 54.0 cm³/mol. The molecule has 0 spiro atoms. The van der Waals surface area contributed by atoms with Crippen LogP contribution in [-0.2, 0) is 4.79 Å². The van der Waals surface area contributed by atoms with E-state index < -0.39 is 6.10 Å². The second-order valence-electron chi connectivity index (χ2n) is 3.94. The lowest BCUT2D eigenvalue weighted by molar-refractivity contribution is -0.127. The minimum absolute atomic E-state index is 0.0150. The fourth-order valence-electron chi connectivity index (χ4n) is 1.89. The Labute approximate surface area is 83.6 Å². The van der Waals surface area contributed by atoms with Gasteiger partial charge in [0.1, 0.15) is 6.10 Å². The molecular weight excluding hydrogens is 176 g/mol. The van der Waals surface area contributed by atoms with E-state index in [1.165, 1.54) is 5.56 Å². The molecule has 1 aromatic carbocycles. The topological polar surface area (TPSA) is 37.3 Å². The molecule has 0 amide bonds. The summed E-state index contributed by atoms with van der Waals surface area (Å²) in [6.07, 6.45) is 0.0852. The van der Waals surface area contributed by atoms with Crippen LogP contribution in [0.5, 0.6) is 0 Å². The van der Waals surface area contributed by atoms with Crippen LogP contribution < -0.4 is 0 Å². The predicted octanol–water partition coefficient (Wildman–Crippen LogP) is 1.74. The number of ketones is 1. The van der Waals surface area contributed by atoms with Crippen molar-refractivity contribution in [2.24, 2.45) is 5.92 Å². The van der Waals surface area contributed by atoms with Gasteiger partial charge in [-0.2, -0.15) is 0 Å². The summed E-state index contributed by atoms with van der Waals surface area (Å²) in [7, 11) is 0. The zero-order valence-corrected chi connectivity index (χ0v) is 8.18. The third-order valence-corrected chi connectivity index (χ3v) is 2.80. The van der Waals surface area contributed by atoms with E-state index in [1.807, 2.05) is 30.3 Å². The molecule has 14 heavy (non-hydrogen) atoms. The molecule has 0 aliphatic heterocycles. The van der Waals surface area contributed by atoms with Crippen molar-refractivity contribution in [2.45, 2.75) is 25.4 Å². The zero-order valence-electron chi connectivity index (χ0n) is 8.18. The van der Waals surface area contributed by atoms with Crippen LogP contribution in [0.2, 0.25) is 0 Å². The van der Waals surface area contributed by atoms with E-state index in [2.05, 4.69) is 0 Å². The number of benzene rings is 1. The van der Waals surface area contributed by atoms with Gasteiger partial charge < -0.3 is 5.11 Å². The van der Waals surface area contributed by atoms with Gasteiger partial charge in [-0.15, -0.1) is 0 Å². The van der Waals surface area contributed by atoms with E-state index in [4.69, 9.17) is 5.11 Å². The lowest BCUT2D eigenvalue weighted by atomic mass is 10.1. The third kappa shape index (κ3) is 1.70. The second kappa shape index (κ2) is 3.54. The van der Waals surface area contributed by atoms with E-state index in [1.54, 1.807) is 6.92 Å². The lowest BCUT2D eigenvalue weighted by Gasteiger charge is -2.02. The Morgan fingerprint density at radius 2 is 2.07 bits per heavy atom. The Morgan fingerprint density at radius 1 is 1.43 bits per heavy atom. The average Bonchev–Trinajstić information content (AvgIpc) is 2.97. The molecule has 74 valence electrons. The Morgan fingerprint density at radius 3 is 2.64 bits per heavy atom. The molecule has 1 aliphatic rings. The molecule has 2 rings (SSSR count). The van der Waals surface area contributed by atoms with Crippen molar-refractivity contribution in [1.29, 1.82) is 0 Å². The van der Waals surface area contributed by atoms with Gasteiger partial charge in [0.25, 0.3) is 0 Å². The summed E-state index contributed by atoms with van der Waals surface area (Å²) < 4.78 is 0. The van der Waals surface area contributed by atoms with Gasteiger partial charge in [-0.1, -0.05) is 30.3 Å². The summed E-state index contributed by atoms with van der Waals surface area (Å²) in [5, 5.41) is 9.15. The van der Waals surface area contributed by atoms with Crippen molar-refractivity contribution in [2.75, 3.05) is 0 Å². The molecule has 0 radical (unpaired) electrons. The van der Waals surface area contributed by atoms with Crippen LogP contribution in [0.15, 0.2) is 30.3 Å². The number of hydrogen-bond donors (Lipinski definition) is 1. The van der Waals surface area contributed by atoms with Gasteiger partial charge in [0.05, 0.1) is 0 Å². The van der Waals surface area contributed by atoms with Crippen LogP contribution in [0.1, 0.15) is 24.8 Å². The van der Waals surface area contributed by atoms with E-state index in [9.17, 15) is 4.79 Å². The Hall–Kier alpha value is -1.15. The van der Waals surface area contributed by atoms with Crippen molar-refractivity contribution in [1.82, 2.24) is 0 Å². The summed E-state index contributed by atoms with van der Waals surface area (Å²) >= 11 is 0. The largest absolute Gasteiger partial charge is 0.386 e. The Balaban J connectivity index is 2.03. The average molecular weight is 190 g/mol. The first kappa shape index (κ1) is 9.41. The maximum atomic E-state index is 11.4. The quantitative estimate of drug-likeness (QED) is 0.788. The minimum Gasteiger partial charge on any atom is -0.386 e. The van der Waals surface area contributed by atoms with E-state index in [0.717, 1.165) is 6.42 Å². The minimum atomic E-state index is -0.811. The summed E-state index contributed by atoms with van der Waals surface area (Å²) in [6, 6.07) is 10.0. The maximum Gasteiger partial charge on any atom is 0.164 e. The van der Waals surface area contributed by atoms with Crippen LogP contribution in [0.4, 0.5) is 0 Å². The monoisotopic (exact) mass is 190 g/mol. The van der Waals surface area contributed by atoms with E-state index in [-0.39, 0.29) is 11.7 Å². The molecule has 3 unspecified atom stereocenters. The summed E-state index contributed by atoms with van der Waals surface area (Å²) in [5.74, 6) is 0.384. The van der Waals surface area contributed by atoms with Gasteiger partial charge >= 0.3 is 0 Å². The number of rotatable bonds is 3. The first-order valence-corrected chi connectivity index (χ1v) is 4.97. The first-order chi connectivity index (χ1) is 6.70. The first-order valence-electron chi connectivity index (χ1n) is 4.97. The summed E-state index contributed by atoms with van der Waals surface area (Å²) in [4.78, 5) is 11.4. The van der Waals surface area contributed by atoms with Gasteiger partial charge in [0.2, 0.25) is 0 Å².